The van der Waals surface area contributed by atoms with Gasteiger partial charge in [0.15, 0.2) is 5.82 Å². The molecule has 3 aromatic rings. The smallest absolute Gasteiger partial charge is 0.248 e. The molecule has 12 heteroatoms. The Balaban J connectivity index is 1.66. The van der Waals surface area contributed by atoms with Gasteiger partial charge < -0.3 is 21.7 Å². The lowest BCUT2D eigenvalue weighted by Crippen LogP contribution is -2.51. The molecule has 0 radical (unpaired) electrons. The van der Waals surface area contributed by atoms with Crippen molar-refractivity contribution in [3.05, 3.63) is 75.6 Å². The zero-order valence-electron chi connectivity index (χ0n) is 24.7. The second-order valence-electron chi connectivity index (χ2n) is 12.5. The number of tetrazole rings is 1. The highest BCUT2D eigenvalue weighted by Crippen LogP contribution is 2.48. The Morgan fingerprint density at radius 2 is 1.70 bits per heavy atom. The minimum Gasteiger partial charge on any atom is -0.366 e. The summed E-state index contributed by atoms with van der Waals surface area (Å²) in [6.45, 7) is 6.91. The molecule has 1 aromatic heterocycles. The maximum absolute atomic E-state index is 13.3. The molecule has 224 valence electrons. The monoisotopic (exact) mass is 583 g/mol. The van der Waals surface area contributed by atoms with E-state index in [9.17, 15) is 19.6 Å². The first-order valence-corrected chi connectivity index (χ1v) is 14.5. The zero-order chi connectivity index (χ0) is 30.9. The fourth-order valence-electron chi connectivity index (χ4n) is 6.55. The summed E-state index contributed by atoms with van der Waals surface area (Å²) in [5.74, 6) is -0.764. The van der Waals surface area contributed by atoms with Crippen LogP contribution in [0.3, 0.4) is 0 Å². The number of nitrogens with zero attached hydrogens (tertiary/aromatic N) is 5. The lowest BCUT2D eigenvalue weighted by molar-refractivity contribution is -0.130. The van der Waals surface area contributed by atoms with Gasteiger partial charge in [-0.1, -0.05) is 38.1 Å². The third-order valence-electron chi connectivity index (χ3n) is 8.87. The van der Waals surface area contributed by atoms with Crippen molar-refractivity contribution < 1.29 is 14.4 Å². The van der Waals surface area contributed by atoms with E-state index in [0.29, 0.717) is 49.2 Å². The van der Waals surface area contributed by atoms with Crippen molar-refractivity contribution in [1.29, 1.82) is 5.26 Å². The fraction of sp³-hybridized carbons (Fsp3) is 0.452. The van der Waals surface area contributed by atoms with Crippen LogP contribution >= 0.6 is 0 Å². The quantitative estimate of drug-likeness (QED) is 0.307. The predicted octanol–water partition coefficient (Wildman–Crippen LogP) is 1.74. The Hall–Kier alpha value is -4.63. The predicted molar refractivity (Wildman–Crippen MR) is 158 cm³/mol. The number of carbonyl (C=O) groups excluding carboxylic acids is 3. The number of nitrogens with one attached hydrogen (secondary N) is 2. The van der Waals surface area contributed by atoms with Crippen molar-refractivity contribution in [1.82, 2.24) is 30.8 Å². The average molecular weight is 584 g/mol. The highest BCUT2D eigenvalue weighted by Gasteiger charge is 2.48. The lowest BCUT2D eigenvalue weighted by atomic mass is 9.65. The number of fused-ring (bicyclic) bond motifs is 2. The summed E-state index contributed by atoms with van der Waals surface area (Å²) in [6.07, 6.45) is 3.04. The molecule has 1 saturated heterocycles. The van der Waals surface area contributed by atoms with Crippen molar-refractivity contribution in [2.45, 2.75) is 70.4 Å². The van der Waals surface area contributed by atoms with Crippen LogP contribution in [0.25, 0.3) is 0 Å². The molecule has 2 aliphatic rings. The summed E-state index contributed by atoms with van der Waals surface area (Å²) in [7, 11) is 0. The van der Waals surface area contributed by atoms with Crippen LogP contribution in [-0.4, -0.2) is 68.4 Å². The number of amides is 3. The van der Waals surface area contributed by atoms with Gasteiger partial charge in [-0.2, -0.15) is 10.5 Å². The third-order valence-corrected chi connectivity index (χ3v) is 8.87. The number of hydrogen-bond acceptors (Lipinski definition) is 8. The van der Waals surface area contributed by atoms with Gasteiger partial charge in [0.25, 0.3) is 0 Å². The summed E-state index contributed by atoms with van der Waals surface area (Å²) in [5, 5.41) is 28.6. The van der Waals surface area contributed by atoms with E-state index in [0.717, 1.165) is 28.7 Å². The van der Waals surface area contributed by atoms with Gasteiger partial charge in [-0.15, -0.1) is 10.2 Å². The molecule has 1 fully saturated rings. The van der Waals surface area contributed by atoms with Crippen LogP contribution in [0, 0.1) is 16.7 Å². The van der Waals surface area contributed by atoms with Crippen molar-refractivity contribution in [3.63, 3.8) is 0 Å². The minimum absolute atomic E-state index is 0.0589. The van der Waals surface area contributed by atoms with Gasteiger partial charge in [0.1, 0.15) is 6.04 Å². The molecule has 0 spiro atoms. The fourth-order valence-corrected chi connectivity index (χ4v) is 6.55. The first kappa shape index (κ1) is 29.8. The average Bonchev–Trinajstić information content (AvgIpc) is 3.66. The highest BCUT2D eigenvalue weighted by atomic mass is 16.2. The number of aromatic amines is 1. The van der Waals surface area contributed by atoms with E-state index in [1.54, 1.807) is 17.0 Å². The maximum atomic E-state index is 13.3. The topological polar surface area (TPSA) is 197 Å². The van der Waals surface area contributed by atoms with Crippen molar-refractivity contribution in [2.24, 2.45) is 16.9 Å². The largest absolute Gasteiger partial charge is 0.366 e. The molecule has 1 unspecified atom stereocenters. The number of likely N-dealkylation sites (tertiary alicyclic amines) is 1. The Bertz CT molecular complexity index is 1520. The van der Waals surface area contributed by atoms with Gasteiger partial charge in [-0.25, -0.2) is 0 Å². The van der Waals surface area contributed by atoms with E-state index in [4.69, 9.17) is 11.5 Å². The molecule has 6 N–H and O–H groups in total. The van der Waals surface area contributed by atoms with Crippen LogP contribution in [0.15, 0.2) is 36.4 Å². The number of benzene rings is 2. The van der Waals surface area contributed by atoms with Gasteiger partial charge in [-0.3, -0.25) is 14.4 Å². The second-order valence-corrected chi connectivity index (χ2v) is 12.5. The normalized spacial score (nSPS) is 18.2. The van der Waals surface area contributed by atoms with Crippen LogP contribution in [0.5, 0.6) is 0 Å². The summed E-state index contributed by atoms with van der Waals surface area (Å²) in [4.78, 5) is 39.3. The van der Waals surface area contributed by atoms with E-state index in [-0.39, 0.29) is 23.9 Å². The van der Waals surface area contributed by atoms with Crippen LogP contribution in [0.2, 0.25) is 0 Å². The Labute approximate surface area is 250 Å². The number of aromatic nitrogens is 4. The molecule has 1 aliphatic carbocycles. The molecule has 2 aromatic carbocycles. The van der Waals surface area contributed by atoms with Crippen LogP contribution < -0.4 is 16.8 Å². The van der Waals surface area contributed by atoms with Gasteiger partial charge in [0.05, 0.1) is 18.0 Å². The molecule has 43 heavy (non-hydrogen) atoms. The molecule has 0 saturated carbocycles. The van der Waals surface area contributed by atoms with Crippen LogP contribution in [-0.2, 0) is 23.1 Å². The Morgan fingerprint density at radius 3 is 2.19 bits per heavy atom. The number of H-pyrrole nitrogens is 1. The summed E-state index contributed by atoms with van der Waals surface area (Å²) in [5.41, 5.74) is 14.3. The van der Waals surface area contributed by atoms with E-state index in [1.165, 1.54) is 0 Å². The molecular formula is C31H37N9O3. The molecule has 12 nitrogen and oxygen atoms in total. The van der Waals surface area contributed by atoms with Crippen molar-refractivity contribution in [3.8, 4) is 6.07 Å². The number of nitriles is 1. The number of rotatable bonds is 8. The van der Waals surface area contributed by atoms with Crippen molar-refractivity contribution in [2.75, 3.05) is 13.1 Å². The van der Waals surface area contributed by atoms with Crippen LogP contribution in [0.4, 0.5) is 0 Å². The van der Waals surface area contributed by atoms with Gasteiger partial charge in [-0.05, 0) is 84.0 Å². The van der Waals surface area contributed by atoms with Gasteiger partial charge in [0.2, 0.25) is 17.7 Å². The van der Waals surface area contributed by atoms with Crippen LogP contribution in [0.1, 0.15) is 88.8 Å². The number of carbonyl (C=O) groups is 3. The molecule has 0 bridgehead atoms. The number of primary amides is 2. The summed E-state index contributed by atoms with van der Waals surface area (Å²) < 4.78 is 0. The Kier molecular flexibility index (Phi) is 8.03. The van der Waals surface area contributed by atoms with E-state index >= 15 is 0 Å². The number of nitrogens with two attached hydrogens (primary N) is 2. The van der Waals surface area contributed by atoms with E-state index in [1.807, 2.05) is 24.3 Å². The molecular weight excluding hydrogens is 546 g/mol. The molecule has 5 rings (SSSR count). The van der Waals surface area contributed by atoms with Gasteiger partial charge in [0, 0.05) is 23.7 Å². The lowest BCUT2D eigenvalue weighted by Gasteiger charge is -2.41. The van der Waals surface area contributed by atoms with Gasteiger partial charge >= 0.3 is 0 Å². The standard InChI is InChI=1S/C31H37N9O3/c1-30(2,3)25(35-17-26(41)40-12-4-5-22(40)16-32)15-31(29-36-38-39-37-29)23-10-8-20(27(33)42)13-18(23)6-7-19-14-21(28(34)43)9-11-24(19)31/h8-11,13-14,22,25,35H,4-7,12,15,17H2,1-3H3,(H2,33,42)(H2,34,43)(H,36,37,38,39)/t22?,25-/m0/s1. The minimum atomic E-state index is -0.989. The SMILES string of the molecule is CC(C)(C)[C@H](CC1(c2nn[nH]n2)c2ccc(C(N)=O)cc2CCc2cc(C(N)=O)ccc21)NCC(=O)N1CCCC1C#N. The first-order chi connectivity index (χ1) is 20.5. The molecule has 2 atom stereocenters. The summed E-state index contributed by atoms with van der Waals surface area (Å²) in [6, 6.07) is 12.4. The maximum Gasteiger partial charge on any atom is 0.248 e. The second kappa shape index (κ2) is 11.6. The Morgan fingerprint density at radius 1 is 1.09 bits per heavy atom. The number of hydrogen-bond donors (Lipinski definition) is 4. The summed E-state index contributed by atoms with van der Waals surface area (Å²) >= 11 is 0. The van der Waals surface area contributed by atoms with E-state index in [2.05, 4.69) is 52.8 Å². The third kappa shape index (κ3) is 5.60. The first-order valence-electron chi connectivity index (χ1n) is 14.5. The highest BCUT2D eigenvalue weighted by molar-refractivity contribution is 5.94. The zero-order valence-corrected chi connectivity index (χ0v) is 24.7. The molecule has 3 amide bonds. The van der Waals surface area contributed by atoms with Crippen molar-refractivity contribution >= 4 is 17.7 Å². The van der Waals surface area contributed by atoms with E-state index < -0.39 is 23.3 Å². The molecule has 1 aliphatic heterocycles. The molecule has 2 heterocycles. The number of aryl methyl sites for hydroxylation is 2.